The Balaban J connectivity index is 1.85. The first kappa shape index (κ1) is 16.8. The molecule has 0 atom stereocenters. The van der Waals surface area contributed by atoms with Gasteiger partial charge in [0.1, 0.15) is 5.58 Å². The number of fused-ring (bicyclic) bond motifs is 1. The number of carbonyl (C=O) groups is 2. The second-order valence-electron chi connectivity index (χ2n) is 5.63. The zero-order chi connectivity index (χ0) is 18.0. The highest BCUT2D eigenvalue weighted by molar-refractivity contribution is 5.99. The van der Waals surface area contributed by atoms with Gasteiger partial charge in [0.25, 0.3) is 5.69 Å². The van der Waals surface area contributed by atoms with Crippen LogP contribution in [-0.4, -0.2) is 41.3 Å². The van der Waals surface area contributed by atoms with Crippen LogP contribution in [0.1, 0.15) is 12.0 Å². The second-order valence-corrected chi connectivity index (χ2v) is 5.63. The molecule has 0 unspecified atom stereocenters. The topological polar surface area (TPSA) is 123 Å². The summed E-state index contributed by atoms with van der Waals surface area (Å²) in [5.41, 5.74) is 0.0623. The summed E-state index contributed by atoms with van der Waals surface area (Å²) < 4.78 is 5.06. The normalized spacial score (nSPS) is 15.0. The van der Waals surface area contributed by atoms with Crippen LogP contribution < -0.4 is 10.9 Å². The predicted molar refractivity (Wildman–Crippen MR) is 87.0 cm³/mol. The van der Waals surface area contributed by atoms with Gasteiger partial charge in [-0.2, -0.15) is 0 Å². The Morgan fingerprint density at radius 2 is 1.84 bits per heavy atom. The number of aryl methyl sites for hydroxylation is 1. The molecule has 1 fully saturated rings. The van der Waals surface area contributed by atoms with E-state index in [1.54, 1.807) is 0 Å². The molecule has 1 aromatic carbocycles. The summed E-state index contributed by atoms with van der Waals surface area (Å²) in [6.07, 6.45) is 0.641. The van der Waals surface area contributed by atoms with Crippen LogP contribution in [-0.2, 0) is 16.0 Å². The summed E-state index contributed by atoms with van der Waals surface area (Å²) >= 11 is 0. The van der Waals surface area contributed by atoms with E-state index >= 15 is 0 Å². The lowest BCUT2D eigenvalue weighted by Gasteiger charge is -2.25. The molecule has 9 nitrogen and oxygen atoms in total. The minimum atomic E-state index is -0.538. The Morgan fingerprint density at radius 1 is 1.12 bits per heavy atom. The van der Waals surface area contributed by atoms with E-state index in [2.05, 4.69) is 5.32 Å². The SMILES string of the molecule is O=C1CNCC(=O)N1CCCc1c([N+](=O)[O-])ccc2oc(=O)ccc12. The molecule has 1 saturated heterocycles. The molecule has 2 amide bonds. The van der Waals surface area contributed by atoms with Gasteiger partial charge in [-0.15, -0.1) is 0 Å². The number of nitro benzene ring substituents is 1. The molecule has 0 aliphatic carbocycles. The third-order valence-electron chi connectivity index (χ3n) is 4.05. The molecule has 0 saturated carbocycles. The number of piperazine rings is 1. The third-order valence-corrected chi connectivity index (χ3v) is 4.05. The van der Waals surface area contributed by atoms with E-state index in [4.69, 9.17) is 4.42 Å². The molecule has 2 aromatic rings. The van der Waals surface area contributed by atoms with Crippen LogP contribution in [0.15, 0.2) is 33.5 Å². The zero-order valence-electron chi connectivity index (χ0n) is 13.2. The van der Waals surface area contributed by atoms with Gasteiger partial charge in [0.2, 0.25) is 11.8 Å². The summed E-state index contributed by atoms with van der Waals surface area (Å²) in [5.74, 6) is -0.621. The third kappa shape index (κ3) is 3.41. The van der Waals surface area contributed by atoms with Crippen LogP contribution >= 0.6 is 0 Å². The molecule has 1 aromatic heterocycles. The molecular weight excluding hydrogens is 330 g/mol. The van der Waals surface area contributed by atoms with Gasteiger partial charge in [0, 0.05) is 29.6 Å². The van der Waals surface area contributed by atoms with E-state index < -0.39 is 10.5 Å². The van der Waals surface area contributed by atoms with Crippen molar-refractivity contribution in [2.24, 2.45) is 0 Å². The first-order valence-corrected chi connectivity index (χ1v) is 7.71. The summed E-state index contributed by atoms with van der Waals surface area (Å²) in [5, 5.41) is 14.5. The van der Waals surface area contributed by atoms with Crippen molar-refractivity contribution in [3.8, 4) is 0 Å². The largest absolute Gasteiger partial charge is 0.423 e. The van der Waals surface area contributed by atoms with Crippen molar-refractivity contribution in [3.05, 3.63) is 50.4 Å². The summed E-state index contributed by atoms with van der Waals surface area (Å²) in [4.78, 5) is 46.8. The minimum Gasteiger partial charge on any atom is -0.423 e. The smallest absolute Gasteiger partial charge is 0.336 e. The average Bonchev–Trinajstić information content (AvgIpc) is 2.56. The number of amides is 2. The molecule has 25 heavy (non-hydrogen) atoms. The van der Waals surface area contributed by atoms with E-state index in [1.165, 1.54) is 24.3 Å². The first-order valence-electron chi connectivity index (χ1n) is 7.71. The number of hydrogen-bond acceptors (Lipinski definition) is 7. The van der Waals surface area contributed by atoms with E-state index in [-0.39, 0.29) is 49.1 Å². The Labute approximate surface area is 141 Å². The minimum absolute atomic E-state index is 0.0840. The van der Waals surface area contributed by atoms with Gasteiger partial charge in [-0.05, 0) is 25.0 Å². The average molecular weight is 345 g/mol. The predicted octanol–water partition coefficient (Wildman–Crippen LogP) is 0.592. The molecule has 0 spiro atoms. The highest BCUT2D eigenvalue weighted by Crippen LogP contribution is 2.28. The van der Waals surface area contributed by atoms with Crippen LogP contribution in [0.25, 0.3) is 11.0 Å². The molecule has 1 aliphatic heterocycles. The van der Waals surface area contributed by atoms with Crippen LogP contribution in [0.4, 0.5) is 5.69 Å². The number of benzene rings is 1. The van der Waals surface area contributed by atoms with E-state index in [0.717, 1.165) is 4.90 Å². The fraction of sp³-hybridized carbons (Fsp3) is 0.312. The number of nitrogens with one attached hydrogen (secondary N) is 1. The Morgan fingerprint density at radius 3 is 2.52 bits per heavy atom. The lowest BCUT2D eigenvalue weighted by molar-refractivity contribution is -0.385. The maximum Gasteiger partial charge on any atom is 0.336 e. The monoisotopic (exact) mass is 345 g/mol. The fourth-order valence-electron chi connectivity index (χ4n) is 2.90. The van der Waals surface area contributed by atoms with Crippen molar-refractivity contribution in [1.29, 1.82) is 0 Å². The molecule has 1 N–H and O–H groups in total. The Bertz CT molecular complexity index is 904. The van der Waals surface area contributed by atoms with Gasteiger partial charge >= 0.3 is 5.63 Å². The fourth-order valence-corrected chi connectivity index (χ4v) is 2.90. The maximum absolute atomic E-state index is 11.8. The number of nitro groups is 1. The quantitative estimate of drug-likeness (QED) is 0.364. The van der Waals surface area contributed by atoms with Crippen molar-refractivity contribution in [2.75, 3.05) is 19.6 Å². The van der Waals surface area contributed by atoms with Crippen LogP contribution in [0.2, 0.25) is 0 Å². The van der Waals surface area contributed by atoms with Gasteiger partial charge in [-0.25, -0.2) is 4.79 Å². The van der Waals surface area contributed by atoms with Crippen molar-refractivity contribution in [1.82, 2.24) is 10.2 Å². The van der Waals surface area contributed by atoms with E-state index in [9.17, 15) is 24.5 Å². The van der Waals surface area contributed by atoms with Gasteiger partial charge < -0.3 is 4.42 Å². The van der Waals surface area contributed by atoms with Gasteiger partial charge in [0.15, 0.2) is 0 Å². The van der Waals surface area contributed by atoms with Crippen molar-refractivity contribution in [3.63, 3.8) is 0 Å². The Kier molecular flexibility index (Phi) is 4.57. The van der Waals surface area contributed by atoms with Gasteiger partial charge in [-0.3, -0.25) is 29.9 Å². The lowest BCUT2D eigenvalue weighted by Crippen LogP contribution is -2.52. The number of imide groups is 1. The van der Waals surface area contributed by atoms with Gasteiger partial charge in [-0.1, -0.05) is 0 Å². The van der Waals surface area contributed by atoms with Crippen LogP contribution in [0, 0.1) is 10.1 Å². The maximum atomic E-state index is 11.8. The summed E-state index contributed by atoms with van der Waals surface area (Å²) in [6, 6.07) is 5.38. The standard InChI is InChI=1S/C16H15N3O6/c20-14-8-17-9-15(21)18(14)7-1-2-10-11-3-6-16(22)25-13(11)5-4-12(10)19(23)24/h3-6,17H,1-2,7-9H2. The molecule has 130 valence electrons. The van der Waals surface area contributed by atoms with Crippen LogP contribution in [0.3, 0.4) is 0 Å². The zero-order valence-corrected chi connectivity index (χ0v) is 13.2. The molecule has 9 heteroatoms. The number of nitrogens with zero attached hydrogens (tertiary/aromatic N) is 2. The summed E-state index contributed by atoms with van der Waals surface area (Å²) in [7, 11) is 0. The highest BCUT2D eigenvalue weighted by Gasteiger charge is 2.25. The molecule has 0 bridgehead atoms. The Hall–Kier alpha value is -3.07. The second kappa shape index (κ2) is 6.81. The number of rotatable bonds is 5. The van der Waals surface area contributed by atoms with Crippen molar-refractivity contribution >= 4 is 28.5 Å². The van der Waals surface area contributed by atoms with Crippen LogP contribution in [0.5, 0.6) is 0 Å². The number of hydrogen-bond donors (Lipinski definition) is 1. The van der Waals surface area contributed by atoms with E-state index in [0.29, 0.717) is 17.4 Å². The highest BCUT2D eigenvalue weighted by atomic mass is 16.6. The lowest BCUT2D eigenvalue weighted by atomic mass is 10.0. The molecular formula is C16H15N3O6. The van der Waals surface area contributed by atoms with Crippen molar-refractivity contribution < 1.29 is 18.9 Å². The molecule has 2 heterocycles. The van der Waals surface area contributed by atoms with Gasteiger partial charge in [0.05, 0.1) is 18.0 Å². The molecule has 0 radical (unpaired) electrons. The summed E-state index contributed by atoms with van der Waals surface area (Å²) in [6.45, 7) is 0.389. The number of carbonyl (C=O) groups excluding carboxylic acids is 2. The first-order chi connectivity index (χ1) is 12.0. The van der Waals surface area contributed by atoms with E-state index in [1.807, 2.05) is 0 Å². The van der Waals surface area contributed by atoms with Crippen molar-refractivity contribution in [2.45, 2.75) is 12.8 Å². The molecule has 3 rings (SSSR count). The molecule has 1 aliphatic rings.